The Hall–Kier alpha value is -1.69. The van der Waals surface area contributed by atoms with Gasteiger partial charge in [0.05, 0.1) is 0 Å². The van der Waals surface area contributed by atoms with Gasteiger partial charge in [0.25, 0.3) is 5.91 Å². The summed E-state index contributed by atoms with van der Waals surface area (Å²) in [7, 11) is 1.72. The van der Waals surface area contributed by atoms with Gasteiger partial charge in [0.15, 0.2) is 0 Å². The predicted octanol–water partition coefficient (Wildman–Crippen LogP) is 2.56. The number of nitrogens with one attached hydrogen (secondary N) is 1. The highest BCUT2D eigenvalue weighted by Gasteiger charge is 2.44. The summed E-state index contributed by atoms with van der Waals surface area (Å²) in [5.74, 6) is -0.135. The Morgan fingerprint density at radius 3 is 2.58 bits per heavy atom. The number of nitrogens with zero attached hydrogens (tertiary/aromatic N) is 3. The molecule has 1 saturated heterocycles. The summed E-state index contributed by atoms with van der Waals surface area (Å²) in [6.45, 7) is 4.82. The van der Waals surface area contributed by atoms with Crippen molar-refractivity contribution >= 4 is 18.2 Å². The molecule has 2 unspecified atom stereocenters. The Morgan fingerprint density at radius 2 is 1.88 bits per heavy atom. The molecule has 1 fully saturated rings. The van der Waals surface area contributed by atoms with Crippen LogP contribution in [0, 0.1) is 0 Å². The fraction of sp³-hybridized carbons (Fsp3) is 0.722. The Balaban J connectivity index is 1.68. The van der Waals surface area contributed by atoms with Gasteiger partial charge >= 0.3 is 6.03 Å². The predicted molar refractivity (Wildman–Crippen MR) is 96.1 cm³/mol. The van der Waals surface area contributed by atoms with Crippen molar-refractivity contribution in [3.05, 3.63) is 12.7 Å². The van der Waals surface area contributed by atoms with E-state index in [-0.39, 0.29) is 11.9 Å². The van der Waals surface area contributed by atoms with Gasteiger partial charge in [-0.2, -0.15) is 0 Å². The van der Waals surface area contributed by atoms with Crippen LogP contribution < -0.4 is 5.32 Å². The monoisotopic (exact) mass is 334 g/mol. The summed E-state index contributed by atoms with van der Waals surface area (Å²) in [6, 6.07) is -0.630. The molecule has 2 heterocycles. The summed E-state index contributed by atoms with van der Waals surface area (Å²) in [5.41, 5.74) is 0. The van der Waals surface area contributed by atoms with Gasteiger partial charge in [0.1, 0.15) is 12.2 Å². The van der Waals surface area contributed by atoms with Crippen molar-refractivity contribution in [1.82, 2.24) is 15.1 Å². The van der Waals surface area contributed by atoms with E-state index in [1.54, 1.807) is 18.2 Å². The highest BCUT2D eigenvalue weighted by molar-refractivity contribution is 6.00. The van der Waals surface area contributed by atoms with Gasteiger partial charge in [-0.25, -0.2) is 4.79 Å². The maximum atomic E-state index is 12.5. The number of urea groups is 1. The van der Waals surface area contributed by atoms with Crippen molar-refractivity contribution in [1.29, 1.82) is 0 Å². The Labute approximate surface area is 145 Å². The number of allylic oxidation sites excluding steroid dienone is 1. The Kier molecular flexibility index (Phi) is 7.43. The van der Waals surface area contributed by atoms with Crippen LogP contribution in [0.15, 0.2) is 17.6 Å². The van der Waals surface area contributed by atoms with E-state index < -0.39 is 12.2 Å². The number of rotatable bonds is 10. The van der Waals surface area contributed by atoms with Crippen LogP contribution in [-0.2, 0) is 4.79 Å². The minimum atomic E-state index is -0.400. The average Bonchev–Trinajstić information content (AvgIpc) is 2.61. The summed E-state index contributed by atoms with van der Waals surface area (Å²) in [6.07, 6.45) is 12.5. The summed E-state index contributed by atoms with van der Waals surface area (Å²) < 4.78 is 0. The molecule has 6 nitrogen and oxygen atoms in total. The lowest BCUT2D eigenvalue weighted by Crippen LogP contribution is -2.67. The van der Waals surface area contributed by atoms with E-state index in [0.717, 1.165) is 25.7 Å². The van der Waals surface area contributed by atoms with E-state index in [0.29, 0.717) is 13.1 Å². The molecule has 2 atom stereocenters. The number of hydrogen-bond donors (Lipinski definition) is 1. The van der Waals surface area contributed by atoms with Crippen molar-refractivity contribution in [2.24, 2.45) is 4.99 Å². The first-order chi connectivity index (χ1) is 11.7. The minimum absolute atomic E-state index is 0.135. The topological polar surface area (TPSA) is 65.0 Å². The molecule has 0 radical (unpaired) electrons. The molecule has 0 bridgehead atoms. The fourth-order valence-electron chi connectivity index (χ4n) is 3.28. The molecule has 0 aromatic carbocycles. The van der Waals surface area contributed by atoms with Crippen molar-refractivity contribution in [3.63, 3.8) is 0 Å². The second-order valence-corrected chi connectivity index (χ2v) is 6.57. The third-order valence-electron chi connectivity index (χ3n) is 4.74. The molecule has 3 amide bonds. The third-order valence-corrected chi connectivity index (χ3v) is 4.74. The summed E-state index contributed by atoms with van der Waals surface area (Å²) >= 11 is 0. The number of imide groups is 1. The molecule has 0 aliphatic carbocycles. The van der Waals surface area contributed by atoms with Crippen LogP contribution in [0.2, 0.25) is 0 Å². The first kappa shape index (κ1) is 18.6. The maximum Gasteiger partial charge on any atom is 0.328 e. The van der Waals surface area contributed by atoms with Crippen molar-refractivity contribution in [2.75, 3.05) is 20.1 Å². The second-order valence-electron chi connectivity index (χ2n) is 6.57. The molecule has 6 heteroatoms. The van der Waals surface area contributed by atoms with Gasteiger partial charge in [0, 0.05) is 26.4 Å². The number of amides is 3. The van der Waals surface area contributed by atoms with Gasteiger partial charge in [-0.15, -0.1) is 6.58 Å². The number of carbonyl (C=O) groups excluding carboxylic acids is 2. The molecule has 134 valence electrons. The molecule has 2 aliphatic heterocycles. The normalized spacial score (nSPS) is 23.5. The first-order valence-electron chi connectivity index (χ1n) is 9.11. The highest BCUT2D eigenvalue weighted by atomic mass is 16.2. The minimum Gasteiger partial charge on any atom is -0.303 e. The lowest BCUT2D eigenvalue weighted by Gasteiger charge is -2.42. The molecule has 2 rings (SSSR count). The quantitative estimate of drug-likeness (QED) is 0.493. The van der Waals surface area contributed by atoms with E-state index in [1.807, 2.05) is 6.08 Å². The van der Waals surface area contributed by atoms with Crippen molar-refractivity contribution in [3.8, 4) is 0 Å². The zero-order valence-corrected chi connectivity index (χ0v) is 14.7. The van der Waals surface area contributed by atoms with Crippen LogP contribution in [0.4, 0.5) is 4.79 Å². The largest absolute Gasteiger partial charge is 0.328 e. The van der Waals surface area contributed by atoms with Gasteiger partial charge < -0.3 is 4.90 Å². The van der Waals surface area contributed by atoms with Crippen LogP contribution in [-0.4, -0.2) is 60.3 Å². The van der Waals surface area contributed by atoms with Gasteiger partial charge in [-0.3, -0.25) is 20.0 Å². The number of carbonyl (C=O) groups is 2. The molecule has 0 saturated carbocycles. The molecular weight excluding hydrogens is 304 g/mol. The number of likely N-dealkylation sites (N-methyl/N-ethyl adjacent to an activating group) is 1. The second kappa shape index (κ2) is 9.57. The zero-order chi connectivity index (χ0) is 17.4. The molecule has 24 heavy (non-hydrogen) atoms. The van der Waals surface area contributed by atoms with Crippen LogP contribution >= 0.6 is 0 Å². The van der Waals surface area contributed by atoms with Gasteiger partial charge in [-0.1, -0.05) is 38.2 Å². The summed E-state index contributed by atoms with van der Waals surface area (Å²) in [5, 5.41) is 3.15. The number of hydrogen-bond acceptors (Lipinski definition) is 4. The van der Waals surface area contributed by atoms with Crippen LogP contribution in [0.1, 0.15) is 51.4 Å². The zero-order valence-electron chi connectivity index (χ0n) is 14.7. The van der Waals surface area contributed by atoms with E-state index >= 15 is 0 Å². The van der Waals surface area contributed by atoms with E-state index in [1.165, 1.54) is 30.6 Å². The average molecular weight is 334 g/mol. The molecule has 0 spiro atoms. The number of unbranched alkanes of at least 4 members (excludes halogenated alkanes) is 7. The fourth-order valence-corrected chi connectivity index (χ4v) is 3.28. The smallest absolute Gasteiger partial charge is 0.303 e. The molecule has 2 aliphatic rings. The maximum absolute atomic E-state index is 12.5. The van der Waals surface area contributed by atoms with E-state index in [2.05, 4.69) is 16.9 Å². The van der Waals surface area contributed by atoms with E-state index in [9.17, 15) is 9.59 Å². The van der Waals surface area contributed by atoms with Crippen molar-refractivity contribution < 1.29 is 9.59 Å². The molecular formula is C18H30N4O2. The number of fused-ring (bicyclic) bond motifs is 1. The molecule has 0 aromatic heterocycles. The van der Waals surface area contributed by atoms with Crippen LogP contribution in [0.3, 0.4) is 0 Å². The lowest BCUT2D eigenvalue weighted by atomic mass is 10.1. The Morgan fingerprint density at radius 1 is 1.21 bits per heavy atom. The lowest BCUT2D eigenvalue weighted by molar-refractivity contribution is -0.135. The van der Waals surface area contributed by atoms with Crippen LogP contribution in [0.5, 0.6) is 0 Å². The first-order valence-corrected chi connectivity index (χ1v) is 9.11. The van der Waals surface area contributed by atoms with E-state index in [4.69, 9.17) is 0 Å². The Bertz CT molecular complexity index is 478. The number of aliphatic imine (C=N–C) groups is 1. The van der Waals surface area contributed by atoms with Crippen LogP contribution in [0.25, 0.3) is 0 Å². The standard InChI is InChI=1S/C18H30N4O2/c1-3-4-5-6-7-8-9-10-11-14-22-17(23)15-16(20-13-12-19-15)21(2)18(22)24/h3,13,15-16,19H,1,4-12,14H2,2H3. The molecule has 1 N–H and O–H groups in total. The third kappa shape index (κ3) is 4.66. The summed E-state index contributed by atoms with van der Waals surface area (Å²) in [4.78, 5) is 32.1. The SMILES string of the molecule is C=CCCCCCCCCCN1C(=O)C2NCC=NC2N(C)C1=O. The van der Waals surface area contributed by atoms with Gasteiger partial charge in [0.2, 0.25) is 0 Å². The van der Waals surface area contributed by atoms with Crippen molar-refractivity contribution in [2.45, 2.75) is 63.6 Å². The van der Waals surface area contributed by atoms with Gasteiger partial charge in [-0.05, 0) is 19.3 Å². The molecule has 0 aromatic rings. The highest BCUT2D eigenvalue weighted by Crippen LogP contribution is 2.20.